The van der Waals surface area contributed by atoms with E-state index in [1.807, 2.05) is 12.1 Å². The van der Waals surface area contributed by atoms with E-state index in [2.05, 4.69) is 31.5 Å². The molecule has 168 valence electrons. The Balaban J connectivity index is 1.29. The summed E-state index contributed by atoms with van der Waals surface area (Å²) in [6, 6.07) is 4.78. The molecule has 1 amide bonds. The van der Waals surface area contributed by atoms with E-state index < -0.39 is 0 Å². The van der Waals surface area contributed by atoms with Crippen molar-refractivity contribution in [3.8, 4) is 0 Å². The van der Waals surface area contributed by atoms with Crippen LogP contribution in [0.2, 0.25) is 0 Å². The SMILES string of the molecule is CC1CCC(N(C(=O)CSc2nnc(N3CCCC3)n2Cc2ccco2)C2CC2)CC1. The fourth-order valence-corrected chi connectivity index (χ4v) is 5.82. The van der Waals surface area contributed by atoms with Crippen LogP contribution in [-0.4, -0.2) is 56.5 Å². The molecule has 7 nitrogen and oxygen atoms in total. The molecule has 0 unspecified atom stereocenters. The fourth-order valence-electron chi connectivity index (χ4n) is 5.02. The van der Waals surface area contributed by atoms with Gasteiger partial charge in [0.25, 0.3) is 0 Å². The number of rotatable bonds is 8. The van der Waals surface area contributed by atoms with Gasteiger partial charge < -0.3 is 14.2 Å². The number of aromatic nitrogens is 3. The summed E-state index contributed by atoms with van der Waals surface area (Å²) < 4.78 is 7.71. The number of amides is 1. The lowest BCUT2D eigenvalue weighted by Gasteiger charge is -2.36. The highest BCUT2D eigenvalue weighted by atomic mass is 32.2. The summed E-state index contributed by atoms with van der Waals surface area (Å²) in [6.45, 7) is 4.94. The molecule has 0 N–H and O–H groups in total. The smallest absolute Gasteiger partial charge is 0.233 e. The molecule has 0 radical (unpaired) electrons. The van der Waals surface area contributed by atoms with E-state index in [0.29, 0.717) is 24.4 Å². The highest BCUT2D eigenvalue weighted by molar-refractivity contribution is 7.99. The molecule has 3 heterocycles. The predicted molar refractivity (Wildman–Crippen MR) is 121 cm³/mol. The van der Waals surface area contributed by atoms with Crippen LogP contribution in [0.3, 0.4) is 0 Å². The third-order valence-electron chi connectivity index (χ3n) is 6.91. The lowest BCUT2D eigenvalue weighted by atomic mass is 9.86. The Morgan fingerprint density at radius 3 is 2.48 bits per heavy atom. The number of anilines is 1. The van der Waals surface area contributed by atoms with Crippen molar-refractivity contribution in [1.29, 1.82) is 0 Å². The van der Waals surface area contributed by atoms with Gasteiger partial charge in [-0.1, -0.05) is 18.7 Å². The highest BCUT2D eigenvalue weighted by Crippen LogP contribution is 2.36. The summed E-state index contributed by atoms with van der Waals surface area (Å²) in [5.41, 5.74) is 0. The Bertz CT molecular complexity index is 865. The number of thioether (sulfide) groups is 1. The summed E-state index contributed by atoms with van der Waals surface area (Å²) in [6.07, 6.45) is 11.2. The number of carbonyl (C=O) groups is 1. The minimum Gasteiger partial charge on any atom is -0.467 e. The first-order valence-corrected chi connectivity index (χ1v) is 12.8. The van der Waals surface area contributed by atoms with E-state index in [0.717, 1.165) is 61.6 Å². The molecule has 0 atom stereocenters. The Morgan fingerprint density at radius 2 is 1.84 bits per heavy atom. The monoisotopic (exact) mass is 443 g/mol. The topological polar surface area (TPSA) is 67.4 Å². The molecule has 2 aliphatic carbocycles. The average Bonchev–Trinajstić information content (AvgIpc) is 3.17. The van der Waals surface area contributed by atoms with E-state index in [1.165, 1.54) is 37.4 Å². The van der Waals surface area contributed by atoms with Crippen LogP contribution in [0.25, 0.3) is 0 Å². The average molecular weight is 444 g/mol. The van der Waals surface area contributed by atoms with Gasteiger partial charge in [0, 0.05) is 25.2 Å². The van der Waals surface area contributed by atoms with Crippen LogP contribution in [0.4, 0.5) is 5.95 Å². The minimum atomic E-state index is 0.266. The van der Waals surface area contributed by atoms with Crippen molar-refractivity contribution < 1.29 is 9.21 Å². The molecule has 1 aliphatic heterocycles. The molecule has 2 aromatic heterocycles. The number of hydrogen-bond acceptors (Lipinski definition) is 6. The van der Waals surface area contributed by atoms with E-state index in [1.54, 1.807) is 6.26 Å². The van der Waals surface area contributed by atoms with Crippen molar-refractivity contribution in [2.24, 2.45) is 5.92 Å². The molecule has 1 saturated heterocycles. The maximum atomic E-state index is 13.3. The van der Waals surface area contributed by atoms with Gasteiger partial charge >= 0.3 is 0 Å². The standard InChI is InChI=1S/C23H33N5O2S/c1-17-6-8-18(9-7-17)28(19-10-11-19)21(29)16-31-23-25-24-22(26-12-2-3-13-26)27(23)15-20-5-4-14-30-20/h4-5,14,17-19H,2-3,6-13,15-16H2,1H3. The molecule has 2 aromatic rings. The van der Waals surface area contributed by atoms with Crippen LogP contribution < -0.4 is 4.90 Å². The maximum Gasteiger partial charge on any atom is 0.233 e. The molecule has 0 spiro atoms. The summed E-state index contributed by atoms with van der Waals surface area (Å²) >= 11 is 1.52. The maximum absolute atomic E-state index is 13.3. The largest absolute Gasteiger partial charge is 0.467 e. The van der Waals surface area contributed by atoms with Crippen molar-refractivity contribution >= 4 is 23.6 Å². The number of furan rings is 1. The van der Waals surface area contributed by atoms with E-state index >= 15 is 0 Å². The summed E-state index contributed by atoms with van der Waals surface area (Å²) in [4.78, 5) is 17.8. The van der Waals surface area contributed by atoms with Gasteiger partial charge in [0.1, 0.15) is 5.76 Å². The normalized spacial score (nSPS) is 24.0. The van der Waals surface area contributed by atoms with Crippen LogP contribution in [0, 0.1) is 5.92 Å². The van der Waals surface area contributed by atoms with Crippen molar-refractivity contribution in [3.05, 3.63) is 24.2 Å². The van der Waals surface area contributed by atoms with Crippen molar-refractivity contribution in [2.75, 3.05) is 23.7 Å². The van der Waals surface area contributed by atoms with Gasteiger partial charge in [0.15, 0.2) is 5.16 Å². The lowest BCUT2D eigenvalue weighted by molar-refractivity contribution is -0.132. The molecule has 5 rings (SSSR count). The van der Waals surface area contributed by atoms with Crippen molar-refractivity contribution in [3.63, 3.8) is 0 Å². The van der Waals surface area contributed by atoms with Crippen molar-refractivity contribution in [2.45, 2.75) is 82.1 Å². The van der Waals surface area contributed by atoms with Gasteiger partial charge in [-0.15, -0.1) is 10.2 Å². The fraction of sp³-hybridized carbons (Fsp3) is 0.696. The Labute approximate surface area is 188 Å². The zero-order chi connectivity index (χ0) is 21.2. The first-order valence-electron chi connectivity index (χ1n) is 11.8. The van der Waals surface area contributed by atoms with Gasteiger partial charge in [-0.25, -0.2) is 0 Å². The quantitative estimate of drug-likeness (QED) is 0.570. The van der Waals surface area contributed by atoms with Crippen LogP contribution in [-0.2, 0) is 11.3 Å². The lowest BCUT2D eigenvalue weighted by Crippen LogP contribution is -2.44. The van der Waals surface area contributed by atoms with Gasteiger partial charge in [0.2, 0.25) is 11.9 Å². The number of nitrogens with zero attached hydrogens (tertiary/aromatic N) is 5. The Hall–Kier alpha value is -1.96. The molecule has 2 saturated carbocycles. The third-order valence-corrected chi connectivity index (χ3v) is 7.86. The second-order valence-corrected chi connectivity index (χ2v) is 10.3. The zero-order valence-electron chi connectivity index (χ0n) is 18.4. The van der Waals surface area contributed by atoms with Gasteiger partial charge in [-0.2, -0.15) is 0 Å². The van der Waals surface area contributed by atoms with Crippen LogP contribution in [0.1, 0.15) is 64.1 Å². The summed E-state index contributed by atoms with van der Waals surface area (Å²) in [5, 5.41) is 9.78. The first kappa shape index (κ1) is 20.9. The Morgan fingerprint density at radius 1 is 1.13 bits per heavy atom. The molecule has 0 aromatic carbocycles. The molecule has 8 heteroatoms. The van der Waals surface area contributed by atoms with Crippen LogP contribution in [0.5, 0.6) is 0 Å². The first-order chi connectivity index (χ1) is 15.2. The van der Waals surface area contributed by atoms with Gasteiger partial charge in [0.05, 0.1) is 18.6 Å². The molecule has 3 aliphatic rings. The minimum absolute atomic E-state index is 0.266. The second-order valence-electron chi connectivity index (χ2n) is 9.38. The number of hydrogen-bond donors (Lipinski definition) is 0. The van der Waals surface area contributed by atoms with Crippen LogP contribution >= 0.6 is 11.8 Å². The van der Waals surface area contributed by atoms with Crippen LogP contribution in [0.15, 0.2) is 28.0 Å². The molecule has 31 heavy (non-hydrogen) atoms. The predicted octanol–water partition coefficient (Wildman–Crippen LogP) is 4.18. The molecular formula is C23H33N5O2S. The number of carbonyl (C=O) groups excluding carboxylic acids is 1. The summed E-state index contributed by atoms with van der Waals surface area (Å²) in [5.74, 6) is 3.26. The Kier molecular flexibility index (Phi) is 6.25. The zero-order valence-corrected chi connectivity index (χ0v) is 19.2. The highest BCUT2D eigenvalue weighted by Gasteiger charge is 2.38. The summed E-state index contributed by atoms with van der Waals surface area (Å²) in [7, 11) is 0. The van der Waals surface area contributed by atoms with Crippen molar-refractivity contribution in [1.82, 2.24) is 19.7 Å². The van der Waals surface area contributed by atoms with E-state index in [4.69, 9.17) is 4.42 Å². The third kappa shape index (κ3) is 4.78. The van der Waals surface area contributed by atoms with E-state index in [9.17, 15) is 4.79 Å². The van der Waals surface area contributed by atoms with E-state index in [-0.39, 0.29) is 5.91 Å². The second kappa shape index (κ2) is 9.27. The van der Waals surface area contributed by atoms with Gasteiger partial charge in [-0.05, 0) is 69.4 Å². The molecular weight excluding hydrogens is 410 g/mol. The molecule has 3 fully saturated rings. The van der Waals surface area contributed by atoms with Gasteiger partial charge in [-0.3, -0.25) is 9.36 Å². The molecule has 0 bridgehead atoms.